The number of rotatable bonds is 5. The van der Waals surface area contributed by atoms with E-state index >= 15 is 0 Å². The molecule has 1 aromatic carbocycles. The van der Waals surface area contributed by atoms with Crippen LogP contribution in [0.1, 0.15) is 43.9 Å². The van der Waals surface area contributed by atoms with Gasteiger partial charge in [-0.25, -0.2) is 4.98 Å². The fourth-order valence-corrected chi connectivity index (χ4v) is 4.82. The predicted octanol–water partition coefficient (Wildman–Crippen LogP) is 3.66. The molecule has 3 heterocycles. The lowest BCUT2D eigenvalue weighted by atomic mass is 9.70. The molecule has 26 heavy (non-hydrogen) atoms. The van der Waals surface area contributed by atoms with Gasteiger partial charge in [0.25, 0.3) is 0 Å². The fraction of sp³-hybridized carbons (Fsp3) is 0.500. The Morgan fingerprint density at radius 2 is 2.04 bits per heavy atom. The number of aromatic nitrogens is 1. The number of oxime groups is 1. The van der Waals surface area contributed by atoms with Crippen LogP contribution in [0.5, 0.6) is 0 Å². The largest absolute Gasteiger partial charge is 0.391 e. The monoisotopic (exact) mass is 370 g/mol. The van der Waals surface area contributed by atoms with Crippen LogP contribution < -0.4 is 5.73 Å². The van der Waals surface area contributed by atoms with Crippen molar-refractivity contribution in [3.05, 3.63) is 47.0 Å². The summed E-state index contributed by atoms with van der Waals surface area (Å²) in [7, 11) is 0. The molecular weight excluding hydrogens is 344 g/mol. The van der Waals surface area contributed by atoms with Crippen LogP contribution in [0.15, 0.2) is 40.9 Å². The van der Waals surface area contributed by atoms with Gasteiger partial charge in [0.2, 0.25) is 0 Å². The Labute approximate surface area is 158 Å². The van der Waals surface area contributed by atoms with Crippen molar-refractivity contribution in [3.8, 4) is 0 Å². The van der Waals surface area contributed by atoms with Crippen molar-refractivity contribution < 1.29 is 4.84 Å². The van der Waals surface area contributed by atoms with E-state index in [1.165, 1.54) is 22.6 Å². The molecule has 0 bridgehead atoms. The quantitative estimate of drug-likeness (QED) is 0.872. The summed E-state index contributed by atoms with van der Waals surface area (Å²) in [6.07, 6.45) is 4.27. The summed E-state index contributed by atoms with van der Waals surface area (Å²) < 4.78 is 0. The minimum atomic E-state index is -0.0342. The standard InChI is InChI=1S/C20H26N4OS/c1-2-16-12-17(25-23-16)13-24-10-8-20(9-11-24,15-6-4-3-5-7-15)18-14-26-19(21)22-18/h3-7,14,17H,2,8-13H2,1H3,(H2,21,22). The number of nitrogen functional groups attached to an aromatic ring is 1. The van der Waals surface area contributed by atoms with Crippen LogP contribution in [0.3, 0.4) is 0 Å². The Morgan fingerprint density at radius 3 is 2.65 bits per heavy atom. The van der Waals surface area contributed by atoms with Gasteiger partial charge in [0.1, 0.15) is 6.10 Å². The van der Waals surface area contributed by atoms with E-state index in [1.807, 2.05) is 0 Å². The zero-order valence-electron chi connectivity index (χ0n) is 15.2. The number of hydrogen-bond acceptors (Lipinski definition) is 6. The minimum absolute atomic E-state index is 0.0342. The molecule has 2 aromatic rings. The summed E-state index contributed by atoms with van der Waals surface area (Å²) in [5, 5.41) is 6.99. The number of piperidine rings is 1. The highest BCUT2D eigenvalue weighted by Crippen LogP contribution is 2.42. The molecule has 5 nitrogen and oxygen atoms in total. The van der Waals surface area contributed by atoms with Gasteiger partial charge >= 0.3 is 0 Å². The highest BCUT2D eigenvalue weighted by molar-refractivity contribution is 7.13. The van der Waals surface area contributed by atoms with E-state index in [-0.39, 0.29) is 11.5 Å². The normalized spacial score (nSPS) is 22.8. The second-order valence-electron chi connectivity index (χ2n) is 7.26. The van der Waals surface area contributed by atoms with E-state index in [1.54, 1.807) is 0 Å². The molecule has 2 aliphatic rings. The van der Waals surface area contributed by atoms with Crippen molar-refractivity contribution in [2.75, 3.05) is 25.4 Å². The SMILES string of the molecule is CCC1=NOC(CN2CCC(c3ccccc3)(c3csc(N)n3)CC2)C1. The summed E-state index contributed by atoms with van der Waals surface area (Å²) in [4.78, 5) is 12.8. The van der Waals surface area contributed by atoms with Crippen molar-refractivity contribution in [2.45, 2.75) is 44.1 Å². The van der Waals surface area contributed by atoms with E-state index < -0.39 is 0 Å². The summed E-state index contributed by atoms with van der Waals surface area (Å²) in [5.41, 5.74) is 9.57. The van der Waals surface area contributed by atoms with Crippen LogP contribution in [0, 0.1) is 0 Å². The number of thiazole rings is 1. The van der Waals surface area contributed by atoms with Gasteiger partial charge in [0.15, 0.2) is 5.13 Å². The van der Waals surface area contributed by atoms with Crippen LogP contribution in [0.25, 0.3) is 0 Å². The first kappa shape index (κ1) is 17.5. The lowest BCUT2D eigenvalue weighted by Gasteiger charge is -2.41. The Hall–Kier alpha value is -1.92. The zero-order valence-corrected chi connectivity index (χ0v) is 16.0. The van der Waals surface area contributed by atoms with E-state index in [0.29, 0.717) is 5.13 Å². The van der Waals surface area contributed by atoms with E-state index in [4.69, 9.17) is 10.6 Å². The molecule has 0 saturated carbocycles. The molecule has 6 heteroatoms. The van der Waals surface area contributed by atoms with Gasteiger partial charge in [-0.3, -0.25) is 4.90 Å². The first-order valence-corrected chi connectivity index (χ1v) is 10.3. The van der Waals surface area contributed by atoms with Gasteiger partial charge in [0, 0.05) is 23.8 Å². The molecule has 1 aromatic heterocycles. The van der Waals surface area contributed by atoms with Crippen molar-refractivity contribution in [1.29, 1.82) is 0 Å². The van der Waals surface area contributed by atoms with Crippen LogP contribution in [-0.2, 0) is 10.3 Å². The van der Waals surface area contributed by atoms with Crippen molar-refractivity contribution in [2.24, 2.45) is 5.16 Å². The number of likely N-dealkylation sites (tertiary alicyclic amines) is 1. The van der Waals surface area contributed by atoms with Gasteiger partial charge in [0.05, 0.1) is 11.4 Å². The van der Waals surface area contributed by atoms with Gasteiger partial charge in [-0.15, -0.1) is 11.3 Å². The maximum absolute atomic E-state index is 5.95. The van der Waals surface area contributed by atoms with E-state index in [2.05, 4.69) is 57.7 Å². The molecule has 0 spiro atoms. The zero-order chi connectivity index (χ0) is 18.0. The smallest absolute Gasteiger partial charge is 0.180 e. The second-order valence-corrected chi connectivity index (χ2v) is 8.15. The number of nitrogens with two attached hydrogens (primary N) is 1. The van der Waals surface area contributed by atoms with Crippen LogP contribution in [0.4, 0.5) is 5.13 Å². The van der Waals surface area contributed by atoms with E-state index in [9.17, 15) is 0 Å². The molecule has 2 aliphatic heterocycles. The lowest BCUT2D eigenvalue weighted by Crippen LogP contribution is -2.46. The van der Waals surface area contributed by atoms with Gasteiger partial charge in [-0.1, -0.05) is 42.4 Å². The molecule has 0 amide bonds. The summed E-state index contributed by atoms with van der Waals surface area (Å²) in [5.74, 6) is 0. The molecule has 2 N–H and O–H groups in total. The number of benzene rings is 1. The third kappa shape index (κ3) is 3.35. The molecule has 1 unspecified atom stereocenters. The molecular formula is C20H26N4OS. The average molecular weight is 371 g/mol. The van der Waals surface area contributed by atoms with E-state index in [0.717, 1.165) is 51.0 Å². The number of nitrogens with zero attached hydrogens (tertiary/aromatic N) is 3. The highest BCUT2D eigenvalue weighted by Gasteiger charge is 2.40. The Kier molecular flexibility index (Phi) is 4.96. The Morgan fingerprint density at radius 1 is 1.27 bits per heavy atom. The first-order valence-electron chi connectivity index (χ1n) is 9.40. The molecule has 1 saturated heterocycles. The summed E-state index contributed by atoms with van der Waals surface area (Å²) in [6, 6.07) is 10.8. The Bertz CT molecular complexity index is 765. The van der Waals surface area contributed by atoms with Crippen molar-refractivity contribution in [1.82, 2.24) is 9.88 Å². The minimum Gasteiger partial charge on any atom is -0.391 e. The van der Waals surface area contributed by atoms with Crippen molar-refractivity contribution >= 4 is 22.2 Å². The summed E-state index contributed by atoms with van der Waals surface area (Å²) in [6.45, 7) is 5.16. The predicted molar refractivity (Wildman–Crippen MR) is 107 cm³/mol. The van der Waals surface area contributed by atoms with Crippen LogP contribution in [0.2, 0.25) is 0 Å². The maximum atomic E-state index is 5.95. The molecule has 1 fully saturated rings. The van der Waals surface area contributed by atoms with Crippen molar-refractivity contribution in [3.63, 3.8) is 0 Å². The molecule has 138 valence electrons. The van der Waals surface area contributed by atoms with Gasteiger partial charge in [-0.05, 0) is 37.9 Å². The molecule has 1 atom stereocenters. The third-order valence-corrected chi connectivity index (χ3v) is 6.39. The number of hydrogen-bond donors (Lipinski definition) is 1. The highest BCUT2D eigenvalue weighted by atomic mass is 32.1. The average Bonchev–Trinajstić information content (AvgIpc) is 3.32. The Balaban J connectivity index is 1.48. The van der Waals surface area contributed by atoms with Gasteiger partial charge < -0.3 is 10.6 Å². The van der Waals surface area contributed by atoms with Crippen LogP contribution in [-0.4, -0.2) is 41.3 Å². The van der Waals surface area contributed by atoms with Crippen LogP contribution >= 0.6 is 11.3 Å². The lowest BCUT2D eigenvalue weighted by molar-refractivity contribution is 0.0410. The fourth-order valence-electron chi connectivity index (χ4n) is 4.16. The maximum Gasteiger partial charge on any atom is 0.180 e. The van der Waals surface area contributed by atoms with Gasteiger partial charge in [-0.2, -0.15) is 0 Å². The topological polar surface area (TPSA) is 63.7 Å². The molecule has 0 radical (unpaired) electrons. The number of anilines is 1. The molecule has 0 aliphatic carbocycles. The first-order chi connectivity index (χ1) is 12.7. The third-order valence-electron chi connectivity index (χ3n) is 5.71. The summed E-state index contributed by atoms with van der Waals surface area (Å²) >= 11 is 1.54. The second kappa shape index (κ2) is 7.37. The molecule has 4 rings (SSSR count).